The molecule has 0 spiro atoms. The minimum atomic E-state index is -0.440. The molecular formula is C22H23ClFN5O2. The molecule has 3 aliphatic heterocycles. The number of hydrogen-bond donors (Lipinski definition) is 2. The third-order valence-corrected chi connectivity index (χ3v) is 6.52. The Kier molecular flexibility index (Phi) is 5.35. The second kappa shape index (κ2) is 8.16. The van der Waals surface area contributed by atoms with Gasteiger partial charge in [-0.2, -0.15) is 0 Å². The number of carbonyl (C=O) groups excluding carboxylic acids is 1. The fourth-order valence-electron chi connectivity index (χ4n) is 4.83. The van der Waals surface area contributed by atoms with Crippen LogP contribution in [0.25, 0.3) is 0 Å². The molecule has 3 aliphatic rings. The molecule has 2 bridgehead atoms. The van der Waals surface area contributed by atoms with E-state index in [-0.39, 0.29) is 36.8 Å². The molecule has 2 aromatic rings. The second-order valence-electron chi connectivity index (χ2n) is 8.51. The van der Waals surface area contributed by atoms with Crippen molar-refractivity contribution in [3.05, 3.63) is 52.8 Å². The second-order valence-corrected chi connectivity index (χ2v) is 8.95. The lowest BCUT2D eigenvalue weighted by Gasteiger charge is -2.30. The number of carbonyl (C=O) groups is 1. The molecule has 1 aromatic heterocycles. The highest BCUT2D eigenvalue weighted by Crippen LogP contribution is 2.32. The van der Waals surface area contributed by atoms with Crippen molar-refractivity contribution in [2.24, 2.45) is 0 Å². The van der Waals surface area contributed by atoms with Crippen molar-refractivity contribution in [1.29, 1.82) is 5.41 Å². The Morgan fingerprint density at radius 3 is 2.65 bits per heavy atom. The molecular weight excluding hydrogens is 421 g/mol. The van der Waals surface area contributed by atoms with Crippen molar-refractivity contribution in [1.82, 2.24) is 20.2 Å². The van der Waals surface area contributed by atoms with Gasteiger partial charge in [0.05, 0.1) is 23.0 Å². The lowest BCUT2D eigenvalue weighted by molar-refractivity contribution is 0.0781. The summed E-state index contributed by atoms with van der Waals surface area (Å²) in [6, 6.07) is 4.88. The van der Waals surface area contributed by atoms with E-state index < -0.39 is 5.82 Å². The van der Waals surface area contributed by atoms with Gasteiger partial charge in [0.2, 0.25) is 0 Å². The lowest BCUT2D eigenvalue weighted by atomic mass is 10.0. The van der Waals surface area contributed by atoms with Gasteiger partial charge < -0.3 is 20.4 Å². The van der Waals surface area contributed by atoms with Gasteiger partial charge in [-0.25, -0.2) is 14.4 Å². The number of ether oxygens (including phenoxy) is 1. The number of benzene rings is 1. The highest BCUT2D eigenvalue weighted by atomic mass is 35.5. The Labute approximate surface area is 184 Å². The first-order valence-corrected chi connectivity index (χ1v) is 10.9. The van der Waals surface area contributed by atoms with E-state index >= 15 is 0 Å². The maximum Gasteiger partial charge on any atom is 0.257 e. The van der Waals surface area contributed by atoms with E-state index in [1.807, 2.05) is 0 Å². The predicted octanol–water partition coefficient (Wildman–Crippen LogP) is 3.19. The fraction of sp³-hybridized carbons (Fsp3) is 0.455. The van der Waals surface area contributed by atoms with Crippen LogP contribution >= 0.6 is 11.6 Å². The van der Waals surface area contributed by atoms with E-state index in [0.29, 0.717) is 34.2 Å². The molecule has 0 saturated carbocycles. The van der Waals surface area contributed by atoms with Crippen molar-refractivity contribution in [2.45, 2.75) is 49.8 Å². The number of amides is 1. The number of fused-ring (bicyclic) bond motifs is 2. The number of nitrogens with zero attached hydrogens (tertiary/aromatic N) is 3. The maximum atomic E-state index is 14.0. The van der Waals surface area contributed by atoms with E-state index in [9.17, 15) is 9.18 Å². The van der Waals surface area contributed by atoms with E-state index in [1.54, 1.807) is 4.90 Å². The van der Waals surface area contributed by atoms with Crippen molar-refractivity contribution >= 4 is 23.2 Å². The zero-order valence-electron chi connectivity index (χ0n) is 16.9. The van der Waals surface area contributed by atoms with Gasteiger partial charge in [-0.3, -0.25) is 4.79 Å². The van der Waals surface area contributed by atoms with Gasteiger partial charge in [-0.15, -0.1) is 0 Å². The van der Waals surface area contributed by atoms with Crippen molar-refractivity contribution < 1.29 is 13.9 Å². The number of nitrogens with one attached hydrogen (secondary N) is 2. The van der Waals surface area contributed by atoms with Crippen LogP contribution in [0.4, 0.5) is 4.39 Å². The van der Waals surface area contributed by atoms with Crippen molar-refractivity contribution in [3.63, 3.8) is 0 Å². The highest BCUT2D eigenvalue weighted by Gasteiger charge is 2.37. The topological polar surface area (TPSA) is 91.2 Å². The van der Waals surface area contributed by atoms with Gasteiger partial charge >= 0.3 is 0 Å². The van der Waals surface area contributed by atoms with Crippen LogP contribution < -0.4 is 10.1 Å². The lowest BCUT2D eigenvalue weighted by Crippen LogP contribution is -2.42. The summed E-state index contributed by atoms with van der Waals surface area (Å²) in [7, 11) is 0. The van der Waals surface area contributed by atoms with Gasteiger partial charge in [0.15, 0.2) is 0 Å². The summed E-state index contributed by atoms with van der Waals surface area (Å²) in [5.41, 5.74) is 0.674. The Bertz CT molecular complexity index is 1010. The van der Waals surface area contributed by atoms with Crippen LogP contribution in [0.15, 0.2) is 30.6 Å². The number of piperidine rings is 1. The largest absolute Gasteiger partial charge is 0.489 e. The predicted molar refractivity (Wildman–Crippen MR) is 113 cm³/mol. The number of rotatable bonds is 4. The first-order valence-electron chi connectivity index (χ1n) is 10.5. The molecule has 3 unspecified atom stereocenters. The summed E-state index contributed by atoms with van der Waals surface area (Å²) in [5, 5.41) is 12.3. The molecule has 31 heavy (non-hydrogen) atoms. The molecule has 2 N–H and O–H groups in total. The molecule has 0 radical (unpaired) electrons. The smallest absolute Gasteiger partial charge is 0.257 e. The molecule has 1 amide bonds. The molecule has 3 fully saturated rings. The van der Waals surface area contributed by atoms with Crippen LogP contribution in [-0.2, 0) is 0 Å². The zero-order chi connectivity index (χ0) is 21.5. The average Bonchev–Trinajstić information content (AvgIpc) is 3.30. The van der Waals surface area contributed by atoms with Crippen molar-refractivity contribution in [2.75, 3.05) is 13.1 Å². The molecule has 4 heterocycles. The van der Waals surface area contributed by atoms with E-state index in [1.165, 1.54) is 30.6 Å². The molecule has 9 heteroatoms. The first-order chi connectivity index (χ1) is 15.0. The van der Waals surface area contributed by atoms with Crippen LogP contribution in [0.2, 0.25) is 5.02 Å². The molecule has 7 nitrogen and oxygen atoms in total. The molecule has 162 valence electrons. The summed E-state index contributed by atoms with van der Waals surface area (Å²) < 4.78 is 20.2. The number of likely N-dealkylation sites (tertiary alicyclic amines) is 1. The van der Waals surface area contributed by atoms with Crippen LogP contribution in [0.5, 0.6) is 5.75 Å². The summed E-state index contributed by atoms with van der Waals surface area (Å²) in [4.78, 5) is 23.3. The monoisotopic (exact) mass is 443 g/mol. The van der Waals surface area contributed by atoms with Gasteiger partial charge in [0.25, 0.3) is 5.91 Å². The van der Waals surface area contributed by atoms with E-state index in [2.05, 4.69) is 15.3 Å². The summed E-state index contributed by atoms with van der Waals surface area (Å²) >= 11 is 5.85. The highest BCUT2D eigenvalue weighted by molar-refractivity contribution is 6.30. The van der Waals surface area contributed by atoms with Crippen LogP contribution in [0.3, 0.4) is 0 Å². The Hall–Kier alpha value is -2.58. The number of halogens is 2. The third-order valence-electron chi connectivity index (χ3n) is 6.32. The number of hydrogen-bond acceptors (Lipinski definition) is 6. The molecule has 3 atom stereocenters. The summed E-state index contributed by atoms with van der Waals surface area (Å²) in [6.45, 7) is 0.456. The number of aromatic nitrogens is 2. The Morgan fingerprint density at radius 1 is 1.23 bits per heavy atom. The minimum Gasteiger partial charge on any atom is -0.489 e. The van der Waals surface area contributed by atoms with Gasteiger partial charge in [-0.1, -0.05) is 11.6 Å². The molecule has 1 aromatic carbocycles. The van der Waals surface area contributed by atoms with Gasteiger partial charge in [0.1, 0.15) is 23.5 Å². The molecule has 3 saturated heterocycles. The average molecular weight is 444 g/mol. The van der Waals surface area contributed by atoms with Crippen LogP contribution in [0.1, 0.15) is 47.8 Å². The standard InChI is InChI=1S/C22H23ClFN5O2/c23-12-8-26-21(27-9-12)18-10-29(11-19(18)25)22(30)17-4-1-13(24)5-20(17)31-16-6-14-2-3-15(7-16)28-14/h1,4-5,8-9,14-16,18,25,28H,2-3,6-7,10-11H2. The Morgan fingerprint density at radius 2 is 1.94 bits per heavy atom. The molecule has 5 rings (SSSR count). The van der Waals surface area contributed by atoms with Crippen molar-refractivity contribution in [3.8, 4) is 5.75 Å². The zero-order valence-corrected chi connectivity index (χ0v) is 17.6. The van der Waals surface area contributed by atoms with Gasteiger partial charge in [-0.05, 0) is 37.8 Å². The van der Waals surface area contributed by atoms with Crippen LogP contribution in [0, 0.1) is 11.2 Å². The Balaban J connectivity index is 1.34. The fourth-order valence-corrected chi connectivity index (χ4v) is 4.92. The van der Waals surface area contributed by atoms with E-state index in [0.717, 1.165) is 25.7 Å². The summed E-state index contributed by atoms with van der Waals surface area (Å²) in [6.07, 6.45) is 6.89. The van der Waals surface area contributed by atoms with Gasteiger partial charge in [0, 0.05) is 42.8 Å². The van der Waals surface area contributed by atoms with Crippen LogP contribution in [-0.4, -0.2) is 57.8 Å². The SMILES string of the molecule is N=C1CN(C(=O)c2ccc(F)cc2OC2CC3CCC(C2)N3)CC1c1ncc(Cl)cn1. The molecule has 0 aliphatic carbocycles. The first kappa shape index (κ1) is 20.3. The maximum absolute atomic E-state index is 14.0. The summed E-state index contributed by atoms with van der Waals surface area (Å²) in [5.74, 6) is -0.372. The van der Waals surface area contributed by atoms with E-state index in [4.69, 9.17) is 21.7 Å². The quantitative estimate of drug-likeness (QED) is 0.757. The minimum absolute atomic E-state index is 0.0424. The normalized spacial score (nSPS) is 27.5. The third kappa shape index (κ3) is 4.14.